The van der Waals surface area contributed by atoms with Gasteiger partial charge in [-0.1, -0.05) is 36.4 Å². The van der Waals surface area contributed by atoms with Gasteiger partial charge in [0.25, 0.3) is 5.56 Å². The number of benzene rings is 2. The Balaban J connectivity index is 1.82. The van der Waals surface area contributed by atoms with Gasteiger partial charge in [0.15, 0.2) is 18.0 Å². The summed E-state index contributed by atoms with van der Waals surface area (Å²) in [6.07, 6.45) is -3.33. The van der Waals surface area contributed by atoms with Crippen LogP contribution in [0.3, 0.4) is 0 Å². The number of halogens is 1. The molecule has 1 N–H and O–H groups in total. The van der Waals surface area contributed by atoms with Gasteiger partial charge < -0.3 is 14.2 Å². The van der Waals surface area contributed by atoms with E-state index < -0.39 is 47.3 Å². The molecule has 0 unspecified atom stereocenters. The summed E-state index contributed by atoms with van der Waals surface area (Å²) >= 11 is 0. The van der Waals surface area contributed by atoms with Crippen LogP contribution in [0.4, 0.5) is 4.39 Å². The second-order valence-corrected chi connectivity index (χ2v) is 7.85. The average molecular weight is 468 g/mol. The number of hydrogen-bond donors (Lipinski definition) is 1. The zero-order chi connectivity index (χ0) is 24.5. The fourth-order valence-corrected chi connectivity index (χ4v) is 3.94. The van der Waals surface area contributed by atoms with E-state index in [1.54, 1.807) is 30.3 Å². The lowest BCUT2D eigenvalue weighted by Crippen LogP contribution is -2.44. The first-order valence-electron chi connectivity index (χ1n) is 10.3. The van der Waals surface area contributed by atoms with Crippen molar-refractivity contribution < 1.29 is 28.2 Å². The van der Waals surface area contributed by atoms with Gasteiger partial charge in [-0.05, 0) is 30.7 Å². The van der Waals surface area contributed by atoms with E-state index in [4.69, 9.17) is 14.2 Å². The van der Waals surface area contributed by atoms with Gasteiger partial charge in [0.05, 0.1) is 18.2 Å². The molecule has 1 aliphatic rings. The first kappa shape index (κ1) is 23.1. The number of aromatic nitrogens is 2. The van der Waals surface area contributed by atoms with Crippen molar-refractivity contribution in [2.75, 3.05) is 7.11 Å². The molecule has 176 valence electrons. The minimum Gasteiger partial charge on any atom is -0.465 e. The molecule has 34 heavy (non-hydrogen) atoms. The molecule has 1 aliphatic heterocycles. The fourth-order valence-electron chi connectivity index (χ4n) is 3.94. The van der Waals surface area contributed by atoms with E-state index in [2.05, 4.69) is 4.98 Å². The number of carbonyl (C=O) groups is 2. The molecule has 1 saturated heterocycles. The lowest BCUT2D eigenvalue weighted by molar-refractivity contribution is -0.0522. The summed E-state index contributed by atoms with van der Waals surface area (Å²) < 4.78 is 33.6. The maximum absolute atomic E-state index is 16.4. The van der Waals surface area contributed by atoms with Crippen molar-refractivity contribution in [1.82, 2.24) is 9.55 Å². The van der Waals surface area contributed by atoms with Crippen LogP contribution in [0, 0.1) is 0 Å². The molecule has 9 nitrogen and oxygen atoms in total. The van der Waals surface area contributed by atoms with Crippen molar-refractivity contribution in [3.63, 3.8) is 0 Å². The van der Waals surface area contributed by atoms with E-state index >= 15 is 4.39 Å². The van der Waals surface area contributed by atoms with E-state index in [0.717, 1.165) is 23.8 Å². The van der Waals surface area contributed by atoms with Gasteiger partial charge in [-0.2, -0.15) is 0 Å². The number of alkyl halides is 1. The van der Waals surface area contributed by atoms with Gasteiger partial charge in [0, 0.05) is 12.3 Å². The molecule has 0 spiro atoms. The third-order valence-corrected chi connectivity index (χ3v) is 5.61. The van der Waals surface area contributed by atoms with Crippen LogP contribution in [0.25, 0.3) is 0 Å². The van der Waals surface area contributed by atoms with Crippen LogP contribution in [0.15, 0.2) is 76.4 Å². The largest absolute Gasteiger partial charge is 0.465 e. The number of methoxy groups -OCH3 is 1. The second kappa shape index (κ2) is 9.06. The van der Waals surface area contributed by atoms with Crippen molar-refractivity contribution in [1.29, 1.82) is 0 Å². The predicted molar refractivity (Wildman–Crippen MR) is 117 cm³/mol. The molecule has 2 aromatic carbocycles. The van der Waals surface area contributed by atoms with Crippen LogP contribution in [-0.2, 0) is 14.2 Å². The predicted octanol–water partition coefficient (Wildman–Crippen LogP) is 2.55. The minimum atomic E-state index is -2.44. The number of carbonyl (C=O) groups excluding carboxylic acids is 2. The van der Waals surface area contributed by atoms with E-state index in [1.807, 2.05) is 0 Å². The summed E-state index contributed by atoms with van der Waals surface area (Å²) in [7, 11) is 1.20. The Hall–Kier alpha value is -4.05. The highest BCUT2D eigenvalue weighted by Crippen LogP contribution is 2.49. The number of nitrogens with zero attached hydrogens (tertiary/aromatic N) is 1. The monoisotopic (exact) mass is 468 g/mol. The van der Waals surface area contributed by atoms with Gasteiger partial charge in [-0.25, -0.2) is 18.8 Å². The minimum absolute atomic E-state index is 0.0843. The molecular formula is C24H21FN2O7. The first-order valence-corrected chi connectivity index (χ1v) is 10.3. The van der Waals surface area contributed by atoms with Crippen LogP contribution in [0.2, 0.25) is 0 Å². The van der Waals surface area contributed by atoms with Crippen molar-refractivity contribution in [3.05, 3.63) is 104 Å². The summed E-state index contributed by atoms with van der Waals surface area (Å²) in [5, 5.41) is 0. The Morgan fingerprint density at radius 2 is 1.71 bits per heavy atom. The zero-order valence-electron chi connectivity index (χ0n) is 18.3. The van der Waals surface area contributed by atoms with Crippen LogP contribution in [0.5, 0.6) is 0 Å². The maximum atomic E-state index is 16.4. The van der Waals surface area contributed by atoms with Crippen LogP contribution < -0.4 is 11.2 Å². The number of H-pyrrole nitrogens is 1. The third kappa shape index (κ3) is 4.15. The molecule has 10 heteroatoms. The number of aromatic amines is 1. The van der Waals surface area contributed by atoms with Crippen molar-refractivity contribution in [3.8, 4) is 0 Å². The smallest absolute Gasteiger partial charge is 0.338 e. The van der Waals surface area contributed by atoms with Gasteiger partial charge >= 0.3 is 17.6 Å². The molecule has 3 aromatic rings. The van der Waals surface area contributed by atoms with Gasteiger partial charge in [-0.3, -0.25) is 14.3 Å². The Labute approximate surface area is 192 Å². The van der Waals surface area contributed by atoms with E-state index in [9.17, 15) is 19.2 Å². The molecule has 2 heterocycles. The van der Waals surface area contributed by atoms with Crippen molar-refractivity contribution >= 4 is 11.9 Å². The molecule has 1 fully saturated rings. The van der Waals surface area contributed by atoms with E-state index in [1.165, 1.54) is 31.4 Å². The molecule has 0 aliphatic carbocycles. The van der Waals surface area contributed by atoms with Crippen LogP contribution in [-0.4, -0.2) is 40.4 Å². The molecule has 0 bridgehead atoms. The molecule has 4 atom stereocenters. The Morgan fingerprint density at radius 3 is 2.38 bits per heavy atom. The Bertz CT molecular complexity index is 1330. The Kier molecular flexibility index (Phi) is 6.16. The highest BCUT2D eigenvalue weighted by molar-refractivity contribution is 5.91. The lowest BCUT2D eigenvalue weighted by Gasteiger charge is -2.28. The van der Waals surface area contributed by atoms with Gasteiger partial charge in [0.1, 0.15) is 6.10 Å². The summed E-state index contributed by atoms with van der Waals surface area (Å²) in [6.45, 7) is 1.12. The molecule has 0 amide bonds. The Morgan fingerprint density at radius 1 is 1.03 bits per heavy atom. The SMILES string of the molecule is COC(=O)c1ccccc1[C@H]1O[C@@H](n2ccc(=O)[nH]c2=O)[C@](C)(F)[C@@H]1OC(=O)c1ccccc1. The standard InChI is InChI=1S/C24H21FN2O7/c1-24(25)19(34-20(29)14-8-4-3-5-9-14)18(15-10-6-7-11-16(15)21(30)32-2)33-22(24)27-13-12-17(28)26-23(27)31/h3-13,18-19,22H,1-2H3,(H,26,28,31)/t18-,19-,22-,24-/m1/s1. The lowest BCUT2D eigenvalue weighted by atomic mass is 9.91. The topological polar surface area (TPSA) is 117 Å². The molecule has 4 rings (SSSR count). The number of ether oxygens (including phenoxy) is 3. The molecule has 0 saturated carbocycles. The highest BCUT2D eigenvalue weighted by atomic mass is 19.1. The molecular weight excluding hydrogens is 447 g/mol. The highest BCUT2D eigenvalue weighted by Gasteiger charge is 2.59. The molecule has 0 radical (unpaired) electrons. The normalized spacial score (nSPS) is 23.9. The third-order valence-electron chi connectivity index (χ3n) is 5.61. The van der Waals surface area contributed by atoms with E-state index in [-0.39, 0.29) is 16.7 Å². The summed E-state index contributed by atoms with van der Waals surface area (Å²) in [5.74, 6) is -1.51. The van der Waals surface area contributed by atoms with Gasteiger partial charge in [0.2, 0.25) is 0 Å². The van der Waals surface area contributed by atoms with E-state index in [0.29, 0.717) is 0 Å². The van der Waals surface area contributed by atoms with Crippen molar-refractivity contribution in [2.45, 2.75) is 31.0 Å². The maximum Gasteiger partial charge on any atom is 0.338 e. The number of hydrogen-bond acceptors (Lipinski definition) is 7. The second-order valence-electron chi connectivity index (χ2n) is 7.85. The quantitative estimate of drug-likeness (QED) is 0.572. The molecule has 1 aromatic heterocycles. The average Bonchev–Trinajstić information content (AvgIpc) is 3.09. The zero-order valence-corrected chi connectivity index (χ0v) is 18.3. The van der Waals surface area contributed by atoms with Crippen LogP contribution in [0.1, 0.15) is 45.5 Å². The summed E-state index contributed by atoms with van der Waals surface area (Å²) in [5.41, 5.74) is -3.54. The first-order chi connectivity index (χ1) is 16.2. The number of esters is 2. The van der Waals surface area contributed by atoms with Gasteiger partial charge in [-0.15, -0.1) is 0 Å². The van der Waals surface area contributed by atoms with Crippen molar-refractivity contribution in [2.24, 2.45) is 0 Å². The number of nitrogens with one attached hydrogen (secondary N) is 1. The summed E-state index contributed by atoms with van der Waals surface area (Å²) in [6, 6.07) is 15.2. The fraction of sp³-hybridized carbons (Fsp3) is 0.250. The number of rotatable bonds is 5. The van der Waals surface area contributed by atoms with Crippen LogP contribution >= 0.6 is 0 Å². The summed E-state index contributed by atoms with van der Waals surface area (Å²) in [4.78, 5) is 51.2.